The molecule has 1 aliphatic rings. The second-order valence-electron chi connectivity index (χ2n) is 9.48. The maximum Gasteiger partial charge on any atom is 0.303 e. The Morgan fingerprint density at radius 3 is 2.22 bits per heavy atom. The van der Waals surface area contributed by atoms with E-state index in [0.717, 1.165) is 17.1 Å². The van der Waals surface area contributed by atoms with E-state index in [9.17, 15) is 24.0 Å². The molecule has 0 fully saturated rings. The van der Waals surface area contributed by atoms with Crippen LogP contribution < -0.4 is 16.4 Å². The van der Waals surface area contributed by atoms with Crippen LogP contribution in [-0.2, 0) is 28.7 Å². The molecule has 0 radical (unpaired) electrons. The lowest BCUT2D eigenvalue weighted by atomic mass is 10.2. The van der Waals surface area contributed by atoms with Gasteiger partial charge in [0.15, 0.2) is 0 Å². The first-order chi connectivity index (χ1) is 16.7. The van der Waals surface area contributed by atoms with Gasteiger partial charge in [-0.2, -0.15) is 0 Å². The summed E-state index contributed by atoms with van der Waals surface area (Å²) in [5.41, 5.74) is 5.69. The fourth-order valence-corrected chi connectivity index (χ4v) is 5.52. The third kappa shape index (κ3) is 11.8. The summed E-state index contributed by atoms with van der Waals surface area (Å²) >= 11 is 0. The number of imide groups is 1. The molecule has 0 spiro atoms. The number of nitrogens with two attached hydrogens (primary N) is 1. The van der Waals surface area contributed by atoms with E-state index >= 15 is 0 Å². The van der Waals surface area contributed by atoms with Crippen LogP contribution in [0.2, 0.25) is 0 Å². The highest BCUT2D eigenvalue weighted by Gasteiger charge is 2.36. The Kier molecular flexibility index (Phi) is 13.5. The van der Waals surface area contributed by atoms with Crippen LogP contribution in [0.25, 0.3) is 0 Å². The van der Waals surface area contributed by atoms with Gasteiger partial charge in [0.25, 0.3) is 11.8 Å². The van der Waals surface area contributed by atoms with E-state index in [1.54, 1.807) is 24.6 Å². The minimum atomic E-state index is -1.23. The standard InChI is InChI=1S/C23H38N4O7S2/c1-14(10-11-34-15(2)6-9-20(30)31)25-21(32)16(13-35-36-23(3,4)5)26-22(33)17(12-24)27-18(28)7-8-19(27)29/h7-8,14-17H,6,9-13,24H2,1-5H3,(H,25,32)(H,26,33)(H,30,31)/t14?,15?,16-,17-/m0/s1. The number of carboxylic acid groups (broad SMARTS) is 1. The molecule has 0 saturated heterocycles. The van der Waals surface area contributed by atoms with Gasteiger partial charge in [-0.25, -0.2) is 0 Å². The molecular formula is C23H38N4O7S2. The van der Waals surface area contributed by atoms with Crippen molar-refractivity contribution < 1.29 is 33.8 Å². The average molecular weight is 547 g/mol. The van der Waals surface area contributed by atoms with E-state index in [0.29, 0.717) is 19.4 Å². The molecule has 204 valence electrons. The molecule has 1 rings (SSSR count). The molecule has 36 heavy (non-hydrogen) atoms. The van der Waals surface area contributed by atoms with Crippen molar-refractivity contribution in [2.24, 2.45) is 5.73 Å². The lowest BCUT2D eigenvalue weighted by molar-refractivity contribution is -0.145. The number of nitrogens with one attached hydrogen (secondary N) is 2. The number of aliphatic carboxylic acids is 1. The minimum absolute atomic E-state index is 0.0214. The molecule has 0 aromatic rings. The highest BCUT2D eigenvalue weighted by molar-refractivity contribution is 8.77. The molecule has 4 amide bonds. The predicted octanol–water partition coefficient (Wildman–Crippen LogP) is 1.07. The zero-order chi connectivity index (χ0) is 27.5. The Hall–Kier alpha value is -2.09. The third-order valence-electron chi connectivity index (χ3n) is 4.96. The normalized spacial score (nSPS) is 17.0. The lowest BCUT2D eigenvalue weighted by Gasteiger charge is -2.27. The van der Waals surface area contributed by atoms with Crippen LogP contribution in [0.3, 0.4) is 0 Å². The summed E-state index contributed by atoms with van der Waals surface area (Å²) in [6.07, 6.45) is 2.83. The van der Waals surface area contributed by atoms with Crippen LogP contribution in [0.1, 0.15) is 53.9 Å². The van der Waals surface area contributed by atoms with Crippen LogP contribution in [-0.4, -0.2) is 87.5 Å². The fourth-order valence-electron chi connectivity index (χ4n) is 3.05. The molecule has 0 saturated carbocycles. The van der Waals surface area contributed by atoms with Gasteiger partial charge in [-0.15, -0.1) is 0 Å². The van der Waals surface area contributed by atoms with Crippen LogP contribution in [0.5, 0.6) is 0 Å². The molecule has 5 N–H and O–H groups in total. The Morgan fingerprint density at radius 1 is 1.08 bits per heavy atom. The lowest BCUT2D eigenvalue weighted by Crippen LogP contribution is -2.58. The van der Waals surface area contributed by atoms with E-state index < -0.39 is 41.7 Å². The van der Waals surface area contributed by atoms with Gasteiger partial charge in [0.1, 0.15) is 12.1 Å². The van der Waals surface area contributed by atoms with Crippen LogP contribution in [0.4, 0.5) is 0 Å². The van der Waals surface area contributed by atoms with Gasteiger partial charge in [-0.3, -0.25) is 28.9 Å². The van der Waals surface area contributed by atoms with Crippen molar-refractivity contribution in [3.63, 3.8) is 0 Å². The van der Waals surface area contributed by atoms with E-state index in [1.807, 2.05) is 20.8 Å². The average Bonchev–Trinajstić information content (AvgIpc) is 3.09. The molecule has 4 atom stereocenters. The van der Waals surface area contributed by atoms with Crippen molar-refractivity contribution in [2.75, 3.05) is 18.9 Å². The fraction of sp³-hybridized carbons (Fsp3) is 0.696. The number of rotatable bonds is 16. The highest BCUT2D eigenvalue weighted by atomic mass is 33.1. The summed E-state index contributed by atoms with van der Waals surface area (Å²) < 4.78 is 5.54. The second kappa shape index (κ2) is 15.2. The van der Waals surface area contributed by atoms with Crippen molar-refractivity contribution in [3.8, 4) is 0 Å². The Labute approximate surface area is 220 Å². The number of carboxylic acids is 1. The van der Waals surface area contributed by atoms with E-state index in [4.69, 9.17) is 15.6 Å². The van der Waals surface area contributed by atoms with Crippen LogP contribution in [0.15, 0.2) is 12.2 Å². The zero-order valence-electron chi connectivity index (χ0n) is 21.4. The van der Waals surface area contributed by atoms with Gasteiger partial charge in [0, 0.05) is 48.3 Å². The number of carbonyl (C=O) groups is 5. The molecule has 2 unspecified atom stereocenters. The van der Waals surface area contributed by atoms with Gasteiger partial charge in [-0.1, -0.05) is 42.4 Å². The number of hydrogen-bond acceptors (Lipinski definition) is 9. The number of amides is 4. The quantitative estimate of drug-likeness (QED) is 0.162. The number of nitrogens with zero attached hydrogens (tertiary/aromatic N) is 1. The van der Waals surface area contributed by atoms with Gasteiger partial charge in [-0.05, 0) is 26.7 Å². The van der Waals surface area contributed by atoms with E-state index in [1.165, 1.54) is 10.8 Å². The Balaban J connectivity index is 2.74. The van der Waals surface area contributed by atoms with E-state index in [2.05, 4.69) is 10.6 Å². The largest absolute Gasteiger partial charge is 0.481 e. The minimum Gasteiger partial charge on any atom is -0.481 e. The summed E-state index contributed by atoms with van der Waals surface area (Å²) in [6.45, 7) is 9.72. The first kappa shape index (κ1) is 31.9. The van der Waals surface area contributed by atoms with Gasteiger partial charge in [0.05, 0.1) is 6.10 Å². The first-order valence-corrected chi connectivity index (χ1v) is 14.1. The molecule has 13 heteroatoms. The van der Waals surface area contributed by atoms with Crippen molar-refractivity contribution >= 4 is 51.2 Å². The van der Waals surface area contributed by atoms with Crippen molar-refractivity contribution in [2.45, 2.75) is 82.9 Å². The zero-order valence-corrected chi connectivity index (χ0v) is 23.1. The summed E-state index contributed by atoms with van der Waals surface area (Å²) in [4.78, 5) is 61.5. The second-order valence-corrected chi connectivity index (χ2v) is 12.7. The maximum absolute atomic E-state index is 13.0. The van der Waals surface area contributed by atoms with Gasteiger partial charge >= 0.3 is 5.97 Å². The number of carbonyl (C=O) groups excluding carboxylic acids is 4. The number of ether oxygens (including phenoxy) is 1. The van der Waals surface area contributed by atoms with Crippen molar-refractivity contribution in [1.82, 2.24) is 15.5 Å². The molecule has 0 aromatic carbocycles. The molecule has 1 aliphatic heterocycles. The SMILES string of the molecule is CC(CCOC(C)CCC(=O)O)NC(=O)[C@H](CSSC(C)(C)C)NC(=O)[C@H](CN)N1C(=O)C=CC1=O. The van der Waals surface area contributed by atoms with Gasteiger partial charge < -0.3 is 26.2 Å². The summed E-state index contributed by atoms with van der Waals surface area (Å²) in [7, 11) is 2.98. The monoisotopic (exact) mass is 546 g/mol. The molecule has 0 bridgehead atoms. The topological polar surface area (TPSA) is 168 Å². The summed E-state index contributed by atoms with van der Waals surface area (Å²) in [5.74, 6) is -2.98. The highest BCUT2D eigenvalue weighted by Crippen LogP contribution is 2.35. The molecule has 1 heterocycles. The Morgan fingerprint density at radius 2 is 1.69 bits per heavy atom. The predicted molar refractivity (Wildman–Crippen MR) is 140 cm³/mol. The summed E-state index contributed by atoms with van der Waals surface area (Å²) in [6, 6.07) is -2.43. The van der Waals surface area contributed by atoms with Crippen molar-refractivity contribution in [1.29, 1.82) is 0 Å². The maximum atomic E-state index is 13.0. The Bertz CT molecular complexity index is 814. The van der Waals surface area contributed by atoms with Crippen LogP contribution >= 0.6 is 21.6 Å². The van der Waals surface area contributed by atoms with Gasteiger partial charge in [0.2, 0.25) is 11.8 Å². The molecular weight excluding hydrogens is 508 g/mol. The smallest absolute Gasteiger partial charge is 0.303 e. The van der Waals surface area contributed by atoms with Crippen LogP contribution in [0, 0.1) is 0 Å². The van der Waals surface area contributed by atoms with Crippen molar-refractivity contribution in [3.05, 3.63) is 12.2 Å². The molecule has 11 nitrogen and oxygen atoms in total. The van der Waals surface area contributed by atoms with E-state index in [-0.39, 0.29) is 35.6 Å². The first-order valence-electron chi connectivity index (χ1n) is 11.7. The molecule has 0 aromatic heterocycles. The summed E-state index contributed by atoms with van der Waals surface area (Å²) in [5, 5.41) is 14.3. The third-order valence-corrected chi connectivity index (χ3v) is 8.31. The number of hydrogen-bond donors (Lipinski definition) is 4. The molecule has 0 aliphatic carbocycles.